The Morgan fingerprint density at radius 2 is 2.12 bits per heavy atom. The first-order chi connectivity index (χ1) is 11.0. The molecule has 0 spiro atoms. The molecule has 0 bridgehead atoms. The van der Waals surface area contributed by atoms with E-state index in [1.807, 2.05) is 6.26 Å². The van der Waals surface area contributed by atoms with Gasteiger partial charge in [0.15, 0.2) is 11.5 Å². The number of carbonyl (C=O) groups excluding carboxylic acids is 1. The van der Waals surface area contributed by atoms with Crippen molar-refractivity contribution in [1.29, 1.82) is 0 Å². The molecule has 138 valence electrons. The Morgan fingerprint density at radius 3 is 2.71 bits per heavy atom. The number of nitrogens with one attached hydrogen (secondary N) is 1. The van der Waals surface area contributed by atoms with Gasteiger partial charge in [-0.05, 0) is 31.4 Å². The van der Waals surface area contributed by atoms with Gasteiger partial charge in [0, 0.05) is 12.1 Å². The van der Waals surface area contributed by atoms with Gasteiger partial charge in [-0.3, -0.25) is 4.79 Å². The van der Waals surface area contributed by atoms with E-state index in [0.717, 1.165) is 5.75 Å². The van der Waals surface area contributed by atoms with Crippen LogP contribution >= 0.6 is 24.2 Å². The summed E-state index contributed by atoms with van der Waals surface area (Å²) in [7, 11) is 0. The average molecular weight is 385 g/mol. The second kappa shape index (κ2) is 12.2. The zero-order valence-corrected chi connectivity index (χ0v) is 15.2. The highest BCUT2D eigenvalue weighted by Crippen LogP contribution is 2.32. The van der Waals surface area contributed by atoms with E-state index in [-0.39, 0.29) is 36.4 Å². The van der Waals surface area contributed by atoms with E-state index in [9.17, 15) is 13.6 Å². The summed E-state index contributed by atoms with van der Waals surface area (Å²) in [6.07, 6.45) is 2.48. The maximum Gasteiger partial charge on any atom is 0.387 e. The fourth-order valence-electron chi connectivity index (χ4n) is 1.88. The fraction of sp³-hybridized carbons (Fsp3) is 0.533. The third-order valence-corrected chi connectivity index (χ3v) is 3.63. The maximum absolute atomic E-state index is 12.6. The van der Waals surface area contributed by atoms with Crippen LogP contribution in [0.5, 0.6) is 11.5 Å². The Kier molecular flexibility index (Phi) is 11.5. The van der Waals surface area contributed by atoms with Gasteiger partial charge in [-0.25, -0.2) is 0 Å². The second-order valence-corrected chi connectivity index (χ2v) is 5.65. The molecule has 24 heavy (non-hydrogen) atoms. The highest BCUT2D eigenvalue weighted by molar-refractivity contribution is 7.98. The normalized spacial score (nSPS) is 11.6. The number of para-hydroxylation sites is 1. The van der Waals surface area contributed by atoms with Crippen LogP contribution in [0.1, 0.15) is 18.9 Å². The van der Waals surface area contributed by atoms with Crippen molar-refractivity contribution in [2.45, 2.75) is 32.5 Å². The van der Waals surface area contributed by atoms with E-state index in [1.165, 1.54) is 6.07 Å². The lowest BCUT2D eigenvalue weighted by Gasteiger charge is -2.17. The number of amides is 1. The number of hydrogen-bond acceptors (Lipinski definition) is 5. The van der Waals surface area contributed by atoms with Crippen molar-refractivity contribution in [2.75, 3.05) is 18.6 Å². The molecule has 0 saturated carbocycles. The first kappa shape index (κ1) is 22.8. The number of carbonyl (C=O) groups is 1. The second-order valence-electron chi connectivity index (χ2n) is 4.66. The van der Waals surface area contributed by atoms with Crippen molar-refractivity contribution in [3.63, 3.8) is 0 Å². The van der Waals surface area contributed by atoms with Crippen molar-refractivity contribution in [1.82, 2.24) is 5.32 Å². The molecule has 0 aliphatic heterocycles. The Bertz CT molecular complexity index is 510. The Morgan fingerprint density at radius 1 is 1.42 bits per heavy atom. The van der Waals surface area contributed by atoms with Crippen LogP contribution in [0.25, 0.3) is 0 Å². The van der Waals surface area contributed by atoms with Crippen molar-refractivity contribution in [3.05, 3.63) is 23.8 Å². The molecule has 0 aliphatic rings. The van der Waals surface area contributed by atoms with Crippen LogP contribution in [0.2, 0.25) is 0 Å². The van der Waals surface area contributed by atoms with Gasteiger partial charge in [0.05, 0.1) is 12.6 Å². The van der Waals surface area contributed by atoms with Gasteiger partial charge in [-0.15, -0.1) is 12.4 Å². The number of rotatable bonds is 10. The minimum absolute atomic E-state index is 0. The van der Waals surface area contributed by atoms with Crippen LogP contribution in [0.4, 0.5) is 8.78 Å². The molecule has 3 N–H and O–H groups in total. The average Bonchev–Trinajstić information content (AvgIpc) is 2.52. The van der Waals surface area contributed by atoms with E-state index >= 15 is 0 Å². The molecule has 0 unspecified atom stereocenters. The quantitative estimate of drug-likeness (QED) is 0.649. The van der Waals surface area contributed by atoms with Gasteiger partial charge in [0.25, 0.3) is 0 Å². The monoisotopic (exact) mass is 384 g/mol. The summed E-state index contributed by atoms with van der Waals surface area (Å²) in [6, 6.07) is 4.15. The Labute approximate surface area is 151 Å². The molecule has 0 aliphatic carbocycles. The number of nitrogens with two attached hydrogens (primary N) is 1. The molecule has 1 amide bonds. The van der Waals surface area contributed by atoms with E-state index in [4.69, 9.17) is 10.5 Å². The lowest BCUT2D eigenvalue weighted by molar-refractivity contribution is -0.122. The molecular formula is C15H23ClF2N2O3S. The highest BCUT2D eigenvalue weighted by Gasteiger charge is 2.18. The summed E-state index contributed by atoms with van der Waals surface area (Å²) < 4.78 is 35.0. The molecule has 1 aromatic carbocycles. The molecule has 0 saturated heterocycles. The highest BCUT2D eigenvalue weighted by atomic mass is 35.5. The first-order valence-corrected chi connectivity index (χ1v) is 8.60. The molecule has 0 fully saturated rings. The minimum Gasteiger partial charge on any atom is -0.490 e. The summed E-state index contributed by atoms with van der Waals surface area (Å²) >= 11 is 1.60. The third-order valence-electron chi connectivity index (χ3n) is 2.99. The zero-order valence-electron chi connectivity index (χ0n) is 13.6. The van der Waals surface area contributed by atoms with Gasteiger partial charge in [0.2, 0.25) is 5.91 Å². The van der Waals surface area contributed by atoms with Crippen LogP contribution in [-0.2, 0) is 11.3 Å². The SMILES string of the molecule is CCOc1cccc(CNC(=O)[C@@H](N)CCSC)c1OC(F)F.Cl. The number of ether oxygens (including phenoxy) is 2. The van der Waals surface area contributed by atoms with Gasteiger partial charge in [0.1, 0.15) is 0 Å². The number of alkyl halides is 2. The van der Waals surface area contributed by atoms with Crippen LogP contribution in [0.3, 0.4) is 0 Å². The molecule has 5 nitrogen and oxygen atoms in total. The van der Waals surface area contributed by atoms with E-state index in [2.05, 4.69) is 10.1 Å². The molecule has 0 radical (unpaired) electrons. The first-order valence-electron chi connectivity index (χ1n) is 7.21. The van der Waals surface area contributed by atoms with E-state index < -0.39 is 12.7 Å². The van der Waals surface area contributed by atoms with Crippen molar-refractivity contribution >= 4 is 30.1 Å². The van der Waals surface area contributed by atoms with E-state index in [1.54, 1.807) is 30.8 Å². The molecule has 1 rings (SSSR count). The molecule has 0 aromatic heterocycles. The van der Waals surface area contributed by atoms with Crippen molar-refractivity contribution in [3.8, 4) is 11.5 Å². The summed E-state index contributed by atoms with van der Waals surface area (Å²) in [5, 5.41) is 2.64. The fourth-order valence-corrected chi connectivity index (χ4v) is 2.37. The molecular weight excluding hydrogens is 362 g/mol. The summed E-state index contributed by atoms with van der Waals surface area (Å²) in [4.78, 5) is 11.9. The van der Waals surface area contributed by atoms with Gasteiger partial charge in [-0.1, -0.05) is 12.1 Å². The summed E-state index contributed by atoms with van der Waals surface area (Å²) in [5.74, 6) is 0.589. The van der Waals surface area contributed by atoms with Crippen LogP contribution < -0.4 is 20.5 Å². The molecule has 0 heterocycles. The minimum atomic E-state index is -2.98. The topological polar surface area (TPSA) is 73.6 Å². The zero-order chi connectivity index (χ0) is 17.2. The Balaban J connectivity index is 0.00000529. The van der Waals surface area contributed by atoms with Crippen LogP contribution in [-0.4, -0.2) is 37.2 Å². The van der Waals surface area contributed by atoms with E-state index in [0.29, 0.717) is 18.6 Å². The smallest absolute Gasteiger partial charge is 0.387 e. The van der Waals surface area contributed by atoms with Gasteiger partial charge >= 0.3 is 6.61 Å². The standard InChI is InChI=1S/C15H22F2N2O3S.ClH/c1-3-21-12-6-4-5-10(13(12)22-15(16)17)9-19-14(20)11(18)7-8-23-2;/h4-6,11,15H,3,7-9,18H2,1-2H3,(H,19,20);1H/t11-;/m0./s1. The summed E-state index contributed by atoms with van der Waals surface area (Å²) in [6.45, 7) is -0.885. The predicted octanol–water partition coefficient (Wildman–Crippen LogP) is 2.81. The number of halogens is 3. The lowest BCUT2D eigenvalue weighted by atomic mass is 10.1. The lowest BCUT2D eigenvalue weighted by Crippen LogP contribution is -2.40. The number of thioether (sulfide) groups is 1. The predicted molar refractivity (Wildman–Crippen MR) is 94.3 cm³/mol. The van der Waals surface area contributed by atoms with Crippen LogP contribution in [0, 0.1) is 0 Å². The summed E-state index contributed by atoms with van der Waals surface area (Å²) in [5.41, 5.74) is 6.17. The van der Waals surface area contributed by atoms with Crippen molar-refractivity contribution in [2.24, 2.45) is 5.73 Å². The largest absolute Gasteiger partial charge is 0.490 e. The molecule has 1 aromatic rings. The van der Waals surface area contributed by atoms with Crippen molar-refractivity contribution < 1.29 is 23.0 Å². The van der Waals surface area contributed by atoms with Gasteiger partial charge in [-0.2, -0.15) is 20.5 Å². The number of benzene rings is 1. The number of hydrogen-bond donors (Lipinski definition) is 2. The third kappa shape index (κ3) is 7.55. The maximum atomic E-state index is 12.6. The molecule has 9 heteroatoms. The molecule has 1 atom stereocenters. The Hall–Kier alpha value is -1.25. The van der Waals surface area contributed by atoms with Gasteiger partial charge < -0.3 is 20.5 Å². The van der Waals surface area contributed by atoms with Crippen LogP contribution in [0.15, 0.2) is 18.2 Å².